The lowest BCUT2D eigenvalue weighted by molar-refractivity contribution is -0.124. The molecule has 0 saturated heterocycles. The van der Waals surface area contributed by atoms with Gasteiger partial charge >= 0.3 is 0 Å². The van der Waals surface area contributed by atoms with Gasteiger partial charge in [-0.25, -0.2) is 0 Å². The van der Waals surface area contributed by atoms with Gasteiger partial charge in [-0.15, -0.1) is 0 Å². The molecule has 1 aliphatic rings. The van der Waals surface area contributed by atoms with Crippen LogP contribution < -0.4 is 29.2 Å². The van der Waals surface area contributed by atoms with Gasteiger partial charge < -0.3 is 34.1 Å². The maximum atomic E-state index is 14.1. The summed E-state index contributed by atoms with van der Waals surface area (Å²) in [5, 5.41) is 3.16. The summed E-state index contributed by atoms with van der Waals surface area (Å²) < 4.78 is 22.0. The number of amides is 2. The molecule has 3 aromatic carbocycles. The summed E-state index contributed by atoms with van der Waals surface area (Å²) in [7, 11) is 7.90. The van der Waals surface area contributed by atoms with E-state index >= 15 is 0 Å². The zero-order chi connectivity index (χ0) is 30.4. The second kappa shape index (κ2) is 13.5. The molecule has 0 fully saturated rings. The smallest absolute Gasteiger partial charge is 0.254 e. The van der Waals surface area contributed by atoms with Gasteiger partial charge in [-0.2, -0.15) is 0 Å². The Morgan fingerprint density at radius 3 is 2.21 bits per heavy atom. The minimum Gasteiger partial charge on any atom is -0.493 e. The van der Waals surface area contributed by atoms with E-state index in [4.69, 9.17) is 18.9 Å². The van der Waals surface area contributed by atoms with E-state index in [9.17, 15) is 9.59 Å². The molecule has 3 aromatic rings. The third-order valence-electron chi connectivity index (χ3n) is 7.86. The highest BCUT2D eigenvalue weighted by Gasteiger charge is 2.43. The van der Waals surface area contributed by atoms with E-state index in [1.54, 1.807) is 44.4 Å². The minimum absolute atomic E-state index is 0.179. The van der Waals surface area contributed by atoms with E-state index in [1.165, 1.54) is 25.5 Å². The number of nitrogens with zero attached hydrogens (tertiary/aromatic N) is 2. The first-order valence-corrected chi connectivity index (χ1v) is 14.1. The Kier molecular flexibility index (Phi) is 9.83. The summed E-state index contributed by atoms with van der Waals surface area (Å²) in [6.45, 7) is 6.35. The average Bonchev–Trinajstić information content (AvgIpc) is 3.01. The molecule has 0 bridgehead atoms. The molecule has 0 aromatic heterocycles. The fourth-order valence-electron chi connectivity index (χ4n) is 5.67. The van der Waals surface area contributed by atoms with Gasteiger partial charge in [0.1, 0.15) is 0 Å². The highest BCUT2D eigenvalue weighted by Crippen LogP contribution is 2.46. The van der Waals surface area contributed by atoms with Crippen LogP contribution in [0.1, 0.15) is 52.4 Å². The molecule has 1 N–H and O–H groups in total. The van der Waals surface area contributed by atoms with Gasteiger partial charge in [0.2, 0.25) is 5.91 Å². The average molecular weight is 576 g/mol. The van der Waals surface area contributed by atoms with Crippen LogP contribution in [-0.4, -0.2) is 71.8 Å². The number of carbonyl (C=O) groups is 2. The molecule has 0 aliphatic carbocycles. The standard InChI is InChI=1S/C33H41N3O6/c1-8-36(23-12-9-11-21(2)17-23)16-10-15-34-32(37)30-24-19-28(41-6)29(42-7)20-25(24)33(38)35(3)31(30)22-13-14-26(39-4)27(18-22)40-5/h9,11-14,17-20,30-31H,8,10,15-16H2,1-7H3,(H,34,37)/t30-,31-/m1/s1. The van der Waals surface area contributed by atoms with Crippen LogP contribution in [0.15, 0.2) is 54.6 Å². The van der Waals surface area contributed by atoms with Crippen molar-refractivity contribution >= 4 is 17.5 Å². The van der Waals surface area contributed by atoms with E-state index in [1.807, 2.05) is 12.1 Å². The fourth-order valence-corrected chi connectivity index (χ4v) is 5.67. The van der Waals surface area contributed by atoms with Gasteiger partial charge in [-0.05, 0) is 73.4 Å². The minimum atomic E-state index is -0.709. The molecular formula is C33H41N3O6. The normalized spacial score (nSPS) is 16.0. The third-order valence-corrected chi connectivity index (χ3v) is 7.86. The Balaban J connectivity index is 1.66. The number of benzene rings is 3. The topological polar surface area (TPSA) is 89.6 Å². The molecule has 224 valence electrons. The van der Waals surface area contributed by atoms with Gasteiger partial charge in [-0.1, -0.05) is 18.2 Å². The number of rotatable bonds is 12. The molecule has 9 nitrogen and oxygen atoms in total. The van der Waals surface area contributed by atoms with Gasteiger partial charge in [0.05, 0.1) is 40.4 Å². The number of hydrogen-bond acceptors (Lipinski definition) is 7. The number of methoxy groups -OCH3 is 4. The van der Waals surface area contributed by atoms with Gasteiger partial charge in [0.25, 0.3) is 5.91 Å². The van der Waals surface area contributed by atoms with Crippen molar-refractivity contribution in [1.82, 2.24) is 10.2 Å². The zero-order valence-electron chi connectivity index (χ0n) is 25.5. The van der Waals surface area contributed by atoms with Crippen LogP contribution in [0.2, 0.25) is 0 Å². The molecular weight excluding hydrogens is 534 g/mol. The Hall–Kier alpha value is -4.40. The third kappa shape index (κ3) is 6.10. The highest BCUT2D eigenvalue weighted by molar-refractivity contribution is 6.02. The van der Waals surface area contributed by atoms with Crippen molar-refractivity contribution in [3.8, 4) is 23.0 Å². The van der Waals surface area contributed by atoms with Crippen LogP contribution >= 0.6 is 0 Å². The van der Waals surface area contributed by atoms with Gasteiger partial charge in [0.15, 0.2) is 23.0 Å². The lowest BCUT2D eigenvalue weighted by atomic mass is 9.79. The van der Waals surface area contributed by atoms with Crippen LogP contribution in [0, 0.1) is 6.92 Å². The Morgan fingerprint density at radius 2 is 1.57 bits per heavy atom. The molecule has 42 heavy (non-hydrogen) atoms. The van der Waals surface area contributed by atoms with E-state index in [0.717, 1.165) is 25.1 Å². The summed E-state index contributed by atoms with van der Waals surface area (Å²) in [4.78, 5) is 31.6. The number of nitrogens with one attached hydrogen (secondary N) is 1. The summed E-state index contributed by atoms with van der Waals surface area (Å²) >= 11 is 0. The van der Waals surface area contributed by atoms with E-state index in [-0.39, 0.29) is 11.8 Å². The second-order valence-corrected chi connectivity index (χ2v) is 10.3. The van der Waals surface area contributed by atoms with Gasteiger partial charge in [0, 0.05) is 37.9 Å². The lowest BCUT2D eigenvalue weighted by Gasteiger charge is -2.40. The maximum Gasteiger partial charge on any atom is 0.254 e. The zero-order valence-corrected chi connectivity index (χ0v) is 25.5. The predicted octanol–water partition coefficient (Wildman–Crippen LogP) is 4.97. The number of anilines is 1. The highest BCUT2D eigenvalue weighted by atomic mass is 16.5. The second-order valence-electron chi connectivity index (χ2n) is 10.3. The first-order chi connectivity index (χ1) is 20.3. The Bertz CT molecular complexity index is 1420. The fraction of sp³-hybridized carbons (Fsp3) is 0.394. The number of aryl methyl sites for hydroxylation is 1. The molecule has 0 unspecified atom stereocenters. The number of hydrogen-bond donors (Lipinski definition) is 1. The van der Waals surface area contributed by atoms with Crippen molar-refractivity contribution in [2.24, 2.45) is 0 Å². The van der Waals surface area contributed by atoms with E-state index in [0.29, 0.717) is 40.7 Å². The van der Waals surface area contributed by atoms with Crippen molar-refractivity contribution in [2.45, 2.75) is 32.2 Å². The predicted molar refractivity (Wildman–Crippen MR) is 163 cm³/mol. The Morgan fingerprint density at radius 1 is 0.905 bits per heavy atom. The maximum absolute atomic E-state index is 14.1. The SMILES string of the molecule is CCN(CCCNC(=O)[C@@H]1c2cc(OC)c(OC)cc2C(=O)N(C)[C@@H]1c1ccc(OC)c(OC)c1)c1cccc(C)c1. The number of carbonyl (C=O) groups excluding carboxylic acids is 2. The first kappa shape index (κ1) is 30.6. The van der Waals surface area contributed by atoms with E-state index < -0.39 is 12.0 Å². The van der Waals surface area contributed by atoms with Crippen molar-refractivity contribution in [3.63, 3.8) is 0 Å². The van der Waals surface area contributed by atoms with Crippen LogP contribution in [0.4, 0.5) is 5.69 Å². The largest absolute Gasteiger partial charge is 0.493 e. The molecule has 2 atom stereocenters. The summed E-state index contributed by atoms with van der Waals surface area (Å²) in [5.41, 5.74) is 4.12. The number of likely N-dealkylation sites (N-methyl/N-ethyl adjacent to an activating group) is 1. The number of fused-ring (bicyclic) bond motifs is 1. The quantitative estimate of drug-likeness (QED) is 0.305. The molecule has 0 spiro atoms. The molecule has 1 aliphatic heterocycles. The first-order valence-electron chi connectivity index (χ1n) is 14.1. The van der Waals surface area contributed by atoms with Crippen molar-refractivity contribution in [3.05, 3.63) is 76.9 Å². The summed E-state index contributed by atoms with van der Waals surface area (Å²) in [6, 6.07) is 16.7. The number of ether oxygens (including phenoxy) is 4. The molecule has 2 amide bonds. The van der Waals surface area contributed by atoms with Crippen LogP contribution in [-0.2, 0) is 4.79 Å². The van der Waals surface area contributed by atoms with Crippen molar-refractivity contribution in [1.29, 1.82) is 0 Å². The van der Waals surface area contributed by atoms with Crippen LogP contribution in [0.5, 0.6) is 23.0 Å². The molecule has 0 saturated carbocycles. The van der Waals surface area contributed by atoms with Crippen molar-refractivity contribution < 1.29 is 28.5 Å². The molecule has 9 heteroatoms. The van der Waals surface area contributed by atoms with Crippen LogP contribution in [0.25, 0.3) is 0 Å². The monoisotopic (exact) mass is 575 g/mol. The summed E-state index contributed by atoms with van der Waals surface area (Å²) in [5.74, 6) is 0.857. The molecule has 1 heterocycles. The molecule has 4 rings (SSSR count). The van der Waals surface area contributed by atoms with E-state index in [2.05, 4.69) is 48.3 Å². The van der Waals surface area contributed by atoms with Crippen LogP contribution in [0.3, 0.4) is 0 Å². The lowest BCUT2D eigenvalue weighted by Crippen LogP contribution is -2.46. The molecule has 0 radical (unpaired) electrons. The Labute approximate surface area is 248 Å². The summed E-state index contributed by atoms with van der Waals surface area (Å²) in [6.07, 6.45) is 0.759. The van der Waals surface area contributed by atoms with Gasteiger partial charge in [-0.3, -0.25) is 9.59 Å². The van der Waals surface area contributed by atoms with Crippen molar-refractivity contribution in [2.75, 3.05) is 60.0 Å².